The molecule has 0 spiro atoms. The minimum absolute atomic E-state index is 0.593. The number of nitrogens with zero attached hydrogens (tertiary/aromatic N) is 6. The number of hydrogen-bond donors (Lipinski definition) is 2. The van der Waals surface area contributed by atoms with E-state index in [0.29, 0.717) is 51.2 Å². The van der Waals surface area contributed by atoms with Gasteiger partial charge in [-0.05, 0) is 5.56 Å². The first-order chi connectivity index (χ1) is 20.7. The van der Waals surface area contributed by atoms with Crippen LogP contribution in [0.25, 0.3) is 89.7 Å². The molecule has 0 aliphatic carbocycles. The molecule has 9 rings (SSSR count). The summed E-state index contributed by atoms with van der Waals surface area (Å²) in [5.41, 5.74) is 7.53. The summed E-state index contributed by atoms with van der Waals surface area (Å²) < 4.78 is 0. The fraction of sp³-hybridized carbons (Fsp3) is 0.0303. The van der Waals surface area contributed by atoms with Gasteiger partial charge in [0.1, 0.15) is 22.6 Å². The number of benzene rings is 4. The molecule has 8 nitrogen and oxygen atoms in total. The number of halogens is 1. The van der Waals surface area contributed by atoms with E-state index in [2.05, 4.69) is 38.0 Å². The predicted octanol–water partition coefficient (Wildman–Crippen LogP) is 7.76. The van der Waals surface area contributed by atoms with E-state index in [1.54, 1.807) is 0 Å². The Balaban J connectivity index is 1.52. The number of hydrogen-bond acceptors (Lipinski definition) is 6. The number of fused-ring (bicyclic) bond motifs is 20. The average molecular weight is 607 g/mol. The molecule has 0 saturated carbocycles. The zero-order valence-corrected chi connectivity index (χ0v) is 23.5. The van der Waals surface area contributed by atoms with Gasteiger partial charge in [-0.1, -0.05) is 107 Å². The molecule has 5 heterocycles. The van der Waals surface area contributed by atoms with Crippen LogP contribution in [0.3, 0.4) is 0 Å². The maximum absolute atomic E-state index is 5.10. The van der Waals surface area contributed by atoms with E-state index in [9.17, 15) is 0 Å². The summed E-state index contributed by atoms with van der Waals surface area (Å²) in [5.74, 6) is 2.37. The molecule has 42 heavy (non-hydrogen) atoms. The number of alkyl halides is 1. The summed E-state index contributed by atoms with van der Waals surface area (Å²) in [6.07, 6.45) is 0. The van der Waals surface area contributed by atoms with Crippen molar-refractivity contribution in [3.63, 3.8) is 0 Å². The number of aromatic nitrogens is 8. The summed E-state index contributed by atoms with van der Waals surface area (Å²) in [7, 11) is 0. The highest BCUT2D eigenvalue weighted by molar-refractivity contribution is 9.08. The van der Waals surface area contributed by atoms with Crippen LogP contribution in [0.5, 0.6) is 0 Å². The highest BCUT2D eigenvalue weighted by Gasteiger charge is 2.22. The molecule has 3 aromatic heterocycles. The van der Waals surface area contributed by atoms with Crippen molar-refractivity contribution in [2.75, 3.05) is 0 Å². The Morgan fingerprint density at radius 1 is 0.429 bits per heavy atom. The molecule has 0 atom stereocenters. The van der Waals surface area contributed by atoms with Crippen LogP contribution in [0.1, 0.15) is 5.56 Å². The quantitative estimate of drug-likeness (QED) is 0.185. The Hall–Kier alpha value is -5.28. The Morgan fingerprint density at radius 2 is 0.833 bits per heavy atom. The van der Waals surface area contributed by atoms with Crippen molar-refractivity contribution in [2.24, 2.45) is 0 Å². The number of rotatable bonds is 1. The molecular formula is C33H19BrN8. The number of H-pyrrole nitrogens is 2. The molecule has 2 aliphatic rings. The van der Waals surface area contributed by atoms with Gasteiger partial charge >= 0.3 is 0 Å². The van der Waals surface area contributed by atoms with Gasteiger partial charge in [0.05, 0.1) is 0 Å². The molecular weight excluding hydrogens is 588 g/mol. The number of aromatic amines is 2. The van der Waals surface area contributed by atoms with E-state index >= 15 is 0 Å². The molecule has 0 amide bonds. The van der Waals surface area contributed by atoms with Gasteiger partial charge in [-0.25, -0.2) is 29.9 Å². The largest absolute Gasteiger partial charge is 0.324 e. The normalized spacial score (nSPS) is 12.0. The van der Waals surface area contributed by atoms with Gasteiger partial charge in [0, 0.05) is 49.1 Å². The van der Waals surface area contributed by atoms with E-state index < -0.39 is 0 Å². The lowest BCUT2D eigenvalue weighted by Gasteiger charge is -1.99. The Kier molecular flexibility index (Phi) is 4.94. The van der Waals surface area contributed by atoms with Crippen molar-refractivity contribution in [2.45, 2.75) is 5.33 Å². The van der Waals surface area contributed by atoms with Crippen molar-refractivity contribution >= 4 is 60.1 Å². The van der Waals surface area contributed by atoms with Crippen molar-refractivity contribution < 1.29 is 0 Å². The third kappa shape index (κ3) is 3.40. The van der Waals surface area contributed by atoms with E-state index in [1.807, 2.05) is 78.9 Å². The lowest BCUT2D eigenvalue weighted by molar-refractivity contribution is 1.19. The second-order valence-corrected chi connectivity index (χ2v) is 10.8. The molecule has 0 radical (unpaired) electrons. The molecule has 9 heteroatoms. The molecule has 0 saturated heterocycles. The topological polar surface area (TPSA) is 109 Å². The van der Waals surface area contributed by atoms with E-state index in [-0.39, 0.29) is 0 Å². The van der Waals surface area contributed by atoms with Crippen LogP contribution in [0, 0.1) is 0 Å². The molecule has 0 fully saturated rings. The Morgan fingerprint density at radius 3 is 1.33 bits per heavy atom. The van der Waals surface area contributed by atoms with E-state index in [0.717, 1.165) is 49.4 Å². The van der Waals surface area contributed by atoms with Gasteiger partial charge in [-0.15, -0.1) is 0 Å². The monoisotopic (exact) mass is 606 g/mol. The third-order valence-corrected chi connectivity index (χ3v) is 8.41. The molecule has 2 aliphatic heterocycles. The first-order valence-electron chi connectivity index (χ1n) is 13.5. The molecule has 8 bridgehead atoms. The van der Waals surface area contributed by atoms with E-state index in [4.69, 9.17) is 29.9 Å². The van der Waals surface area contributed by atoms with Gasteiger partial charge in [0.25, 0.3) is 0 Å². The molecule has 4 aromatic carbocycles. The highest BCUT2D eigenvalue weighted by Crippen LogP contribution is 2.37. The maximum atomic E-state index is 5.10. The molecule has 0 unspecified atom stereocenters. The second-order valence-electron chi connectivity index (χ2n) is 10.2. The van der Waals surface area contributed by atoms with E-state index in [1.165, 1.54) is 0 Å². The molecule has 198 valence electrons. The summed E-state index contributed by atoms with van der Waals surface area (Å²) >= 11 is 3.67. The van der Waals surface area contributed by atoms with Crippen LogP contribution >= 0.6 is 15.9 Å². The lowest BCUT2D eigenvalue weighted by atomic mass is 10.1. The van der Waals surface area contributed by atoms with Crippen LogP contribution < -0.4 is 0 Å². The molecule has 7 aromatic rings. The standard InChI is InChI=1S/C33H19BrN8/c34-16-17-8-7-15-24-25(17)33-41-31-23-14-6-5-13-22(23)29(39-31)37-27-19-10-2-1-9-18(19)26(35-27)36-28-20-11-3-4-12-21(20)30(38-28)40-32(24)42-33/h1-15H,16H2,(H2,35,36,37,38,39,40,41,42). The summed E-state index contributed by atoms with van der Waals surface area (Å²) in [5, 5.41) is 4.52. The van der Waals surface area contributed by atoms with Crippen LogP contribution in [-0.2, 0) is 5.33 Å². The first kappa shape index (κ1) is 23.4. The Labute approximate surface area is 246 Å². The molecule has 2 N–H and O–H groups in total. The van der Waals surface area contributed by atoms with Crippen LogP contribution in [0.2, 0.25) is 0 Å². The van der Waals surface area contributed by atoms with Crippen LogP contribution in [0.15, 0.2) is 91.0 Å². The van der Waals surface area contributed by atoms with Crippen LogP contribution in [0.4, 0.5) is 0 Å². The van der Waals surface area contributed by atoms with Crippen molar-refractivity contribution in [3.8, 4) is 45.6 Å². The van der Waals surface area contributed by atoms with Gasteiger partial charge < -0.3 is 9.97 Å². The average Bonchev–Trinajstić information content (AvgIpc) is 3.76. The SMILES string of the molecule is BrCc1cccc2c3nc4nc(nc5[nH]c(nc6nc(nc([nH]3)c12)-c1ccccc1-6)c1ccccc51)-c1ccccc1-4. The zero-order valence-electron chi connectivity index (χ0n) is 21.9. The fourth-order valence-electron chi connectivity index (χ4n) is 5.87. The predicted molar refractivity (Wildman–Crippen MR) is 169 cm³/mol. The third-order valence-electron chi connectivity index (χ3n) is 7.81. The van der Waals surface area contributed by atoms with Crippen molar-refractivity contribution in [1.82, 2.24) is 39.9 Å². The van der Waals surface area contributed by atoms with Crippen LogP contribution in [-0.4, -0.2) is 39.9 Å². The maximum Gasteiger partial charge on any atom is 0.164 e. The minimum Gasteiger partial charge on any atom is -0.324 e. The summed E-state index contributed by atoms with van der Waals surface area (Å²) in [6.45, 7) is 0. The Bertz CT molecular complexity index is 2420. The zero-order chi connectivity index (χ0) is 27.8. The minimum atomic E-state index is 0.593. The van der Waals surface area contributed by atoms with Gasteiger partial charge in [0.2, 0.25) is 0 Å². The van der Waals surface area contributed by atoms with Gasteiger partial charge in [-0.2, -0.15) is 0 Å². The summed E-state index contributed by atoms with van der Waals surface area (Å²) in [4.78, 5) is 37.1. The number of nitrogens with one attached hydrogen (secondary N) is 2. The highest BCUT2D eigenvalue weighted by atomic mass is 79.9. The van der Waals surface area contributed by atoms with Gasteiger partial charge in [0.15, 0.2) is 23.3 Å². The van der Waals surface area contributed by atoms with Gasteiger partial charge in [-0.3, -0.25) is 0 Å². The summed E-state index contributed by atoms with van der Waals surface area (Å²) in [6, 6.07) is 30.4. The smallest absolute Gasteiger partial charge is 0.164 e. The van der Waals surface area contributed by atoms with Crippen molar-refractivity contribution in [1.29, 1.82) is 0 Å². The first-order valence-corrected chi connectivity index (χ1v) is 14.7. The lowest BCUT2D eigenvalue weighted by Crippen LogP contribution is -1.83. The fourth-order valence-corrected chi connectivity index (χ4v) is 6.34. The van der Waals surface area contributed by atoms with Crippen molar-refractivity contribution in [3.05, 3.63) is 96.6 Å². The second kappa shape index (κ2) is 8.86.